The van der Waals surface area contributed by atoms with Crippen LogP contribution in [-0.4, -0.2) is 24.2 Å². The molecule has 1 aromatic rings. The first-order valence-corrected chi connectivity index (χ1v) is 4.53. The van der Waals surface area contributed by atoms with Gasteiger partial charge in [-0.05, 0) is 24.6 Å². The van der Waals surface area contributed by atoms with Crippen LogP contribution in [0.25, 0.3) is 0 Å². The number of aliphatic hydroxyl groups excluding tert-OH is 1. The molecular formula is C10H14F2N2O. The molecule has 84 valence electrons. The Balaban J connectivity index is 2.69. The van der Waals surface area contributed by atoms with Crippen molar-refractivity contribution < 1.29 is 13.9 Å². The summed E-state index contributed by atoms with van der Waals surface area (Å²) >= 11 is 0. The largest absolute Gasteiger partial charge is 0.397 e. The lowest BCUT2D eigenvalue weighted by atomic mass is 10.2. The van der Waals surface area contributed by atoms with E-state index in [2.05, 4.69) is 5.32 Å². The molecule has 0 atom stereocenters. The Hall–Kier alpha value is -1.36. The van der Waals surface area contributed by atoms with Crippen LogP contribution in [-0.2, 0) is 0 Å². The van der Waals surface area contributed by atoms with E-state index < -0.39 is 19.1 Å². The number of rotatable bonds is 4. The average molecular weight is 216 g/mol. The molecule has 0 spiro atoms. The topological polar surface area (TPSA) is 58.3 Å². The molecule has 1 aromatic carbocycles. The number of nitrogens with one attached hydrogen (secondary N) is 1. The van der Waals surface area contributed by atoms with Crippen molar-refractivity contribution in [2.24, 2.45) is 0 Å². The van der Waals surface area contributed by atoms with Crippen LogP contribution < -0.4 is 11.1 Å². The van der Waals surface area contributed by atoms with Gasteiger partial charge in [0.2, 0.25) is 0 Å². The van der Waals surface area contributed by atoms with Crippen LogP contribution in [0.5, 0.6) is 0 Å². The minimum atomic E-state index is -3.13. The summed E-state index contributed by atoms with van der Waals surface area (Å²) in [5, 5.41) is 10.9. The van der Waals surface area contributed by atoms with Crippen LogP contribution in [0.4, 0.5) is 20.2 Å². The lowest BCUT2D eigenvalue weighted by Gasteiger charge is -2.16. The standard InChI is InChI=1S/C10H14F2N2O/c1-7-2-3-8(13)9(4-7)14-5-10(11,12)6-15/h2-4,14-15H,5-6,13H2,1H3. The van der Waals surface area contributed by atoms with Gasteiger partial charge >= 0.3 is 0 Å². The van der Waals surface area contributed by atoms with Gasteiger partial charge in [-0.3, -0.25) is 0 Å². The molecule has 1 rings (SSSR count). The van der Waals surface area contributed by atoms with Gasteiger partial charge in [-0.2, -0.15) is 0 Å². The van der Waals surface area contributed by atoms with Crippen LogP contribution in [0.1, 0.15) is 5.56 Å². The molecule has 0 heterocycles. The molecule has 4 N–H and O–H groups in total. The highest BCUT2D eigenvalue weighted by molar-refractivity contribution is 5.66. The van der Waals surface area contributed by atoms with Gasteiger partial charge in [0.1, 0.15) is 6.61 Å². The number of alkyl halides is 2. The van der Waals surface area contributed by atoms with E-state index in [0.29, 0.717) is 11.4 Å². The molecule has 0 saturated carbocycles. The molecule has 0 saturated heterocycles. The van der Waals surface area contributed by atoms with Gasteiger partial charge in [0.15, 0.2) is 0 Å². The van der Waals surface area contributed by atoms with Gasteiger partial charge in [-0.1, -0.05) is 6.07 Å². The molecule has 3 nitrogen and oxygen atoms in total. The zero-order valence-corrected chi connectivity index (χ0v) is 8.43. The van der Waals surface area contributed by atoms with Crippen molar-refractivity contribution >= 4 is 11.4 Å². The van der Waals surface area contributed by atoms with Crippen molar-refractivity contribution in [1.82, 2.24) is 0 Å². The molecular weight excluding hydrogens is 202 g/mol. The van der Waals surface area contributed by atoms with Crippen LogP contribution in [0.15, 0.2) is 18.2 Å². The Morgan fingerprint density at radius 2 is 2.13 bits per heavy atom. The van der Waals surface area contributed by atoms with Crippen molar-refractivity contribution in [1.29, 1.82) is 0 Å². The summed E-state index contributed by atoms with van der Waals surface area (Å²) < 4.78 is 25.4. The molecule has 0 aromatic heterocycles. The predicted molar refractivity (Wildman–Crippen MR) is 56.1 cm³/mol. The number of anilines is 2. The number of halogens is 2. The highest BCUT2D eigenvalue weighted by atomic mass is 19.3. The first-order chi connectivity index (χ1) is 6.94. The number of hydrogen-bond donors (Lipinski definition) is 3. The monoisotopic (exact) mass is 216 g/mol. The number of nitrogens with two attached hydrogens (primary N) is 1. The lowest BCUT2D eigenvalue weighted by Crippen LogP contribution is -2.31. The smallest absolute Gasteiger partial charge is 0.287 e. The number of hydrogen-bond acceptors (Lipinski definition) is 3. The van der Waals surface area contributed by atoms with Crippen molar-refractivity contribution in [2.75, 3.05) is 24.2 Å². The molecule has 0 aliphatic heterocycles. The Labute approximate surface area is 86.9 Å². The Kier molecular flexibility index (Phi) is 3.47. The van der Waals surface area contributed by atoms with Gasteiger partial charge in [-0.25, -0.2) is 8.78 Å². The van der Waals surface area contributed by atoms with Crippen molar-refractivity contribution in [3.63, 3.8) is 0 Å². The van der Waals surface area contributed by atoms with E-state index in [1.165, 1.54) is 0 Å². The fraction of sp³-hybridized carbons (Fsp3) is 0.400. The van der Waals surface area contributed by atoms with E-state index in [4.69, 9.17) is 10.8 Å². The molecule has 0 unspecified atom stereocenters. The third kappa shape index (κ3) is 3.36. The summed E-state index contributed by atoms with van der Waals surface area (Å²) in [5.74, 6) is -3.13. The van der Waals surface area contributed by atoms with E-state index >= 15 is 0 Å². The number of aliphatic hydroxyl groups is 1. The maximum absolute atomic E-state index is 12.7. The van der Waals surface area contributed by atoms with Gasteiger partial charge in [0.05, 0.1) is 17.9 Å². The molecule has 0 amide bonds. The van der Waals surface area contributed by atoms with Crippen LogP contribution >= 0.6 is 0 Å². The fourth-order valence-electron chi connectivity index (χ4n) is 1.10. The van der Waals surface area contributed by atoms with E-state index in [1.54, 1.807) is 18.2 Å². The first kappa shape index (κ1) is 11.7. The summed E-state index contributed by atoms with van der Waals surface area (Å²) in [6, 6.07) is 5.13. The SMILES string of the molecule is Cc1ccc(N)c(NCC(F)(F)CO)c1. The second kappa shape index (κ2) is 4.44. The normalized spacial score (nSPS) is 11.5. The van der Waals surface area contributed by atoms with Crippen LogP contribution in [0.2, 0.25) is 0 Å². The number of nitrogen functional groups attached to an aromatic ring is 1. The molecule has 5 heteroatoms. The maximum atomic E-state index is 12.7. The zero-order chi connectivity index (χ0) is 11.5. The van der Waals surface area contributed by atoms with E-state index in [9.17, 15) is 8.78 Å². The molecule has 15 heavy (non-hydrogen) atoms. The first-order valence-electron chi connectivity index (χ1n) is 4.53. The van der Waals surface area contributed by atoms with Crippen LogP contribution in [0.3, 0.4) is 0 Å². The third-order valence-corrected chi connectivity index (χ3v) is 1.98. The minimum Gasteiger partial charge on any atom is -0.397 e. The van der Waals surface area contributed by atoms with Gasteiger partial charge in [0, 0.05) is 0 Å². The van der Waals surface area contributed by atoms with Crippen molar-refractivity contribution in [3.8, 4) is 0 Å². The highest BCUT2D eigenvalue weighted by Gasteiger charge is 2.27. The highest BCUT2D eigenvalue weighted by Crippen LogP contribution is 2.21. The summed E-state index contributed by atoms with van der Waals surface area (Å²) in [6.45, 7) is 0.0394. The molecule has 0 fully saturated rings. The third-order valence-electron chi connectivity index (χ3n) is 1.98. The second-order valence-electron chi connectivity index (χ2n) is 3.46. The van der Waals surface area contributed by atoms with E-state index in [-0.39, 0.29) is 0 Å². The summed E-state index contributed by atoms with van der Waals surface area (Å²) in [4.78, 5) is 0. The second-order valence-corrected chi connectivity index (χ2v) is 3.46. The zero-order valence-electron chi connectivity index (χ0n) is 8.43. The fourth-order valence-corrected chi connectivity index (χ4v) is 1.10. The van der Waals surface area contributed by atoms with Gasteiger partial charge < -0.3 is 16.2 Å². The average Bonchev–Trinajstić information content (AvgIpc) is 2.20. The van der Waals surface area contributed by atoms with E-state index in [1.807, 2.05) is 6.92 Å². The summed E-state index contributed by atoms with van der Waals surface area (Å²) in [6.07, 6.45) is 0. The molecule has 0 bridgehead atoms. The van der Waals surface area contributed by atoms with Crippen LogP contribution in [0, 0.1) is 6.92 Å². The lowest BCUT2D eigenvalue weighted by molar-refractivity contribution is -0.0372. The van der Waals surface area contributed by atoms with Crippen molar-refractivity contribution in [2.45, 2.75) is 12.8 Å². The Bertz CT molecular complexity index is 342. The Morgan fingerprint density at radius 3 is 2.73 bits per heavy atom. The number of aryl methyl sites for hydroxylation is 1. The van der Waals surface area contributed by atoms with Gasteiger partial charge in [0.25, 0.3) is 5.92 Å². The van der Waals surface area contributed by atoms with E-state index in [0.717, 1.165) is 5.56 Å². The summed E-state index contributed by atoms with van der Waals surface area (Å²) in [7, 11) is 0. The summed E-state index contributed by atoms with van der Waals surface area (Å²) in [5.41, 5.74) is 7.39. The molecule has 0 aliphatic rings. The van der Waals surface area contributed by atoms with Crippen molar-refractivity contribution in [3.05, 3.63) is 23.8 Å². The molecule has 0 aliphatic carbocycles. The minimum absolute atomic E-state index is 0.411. The van der Waals surface area contributed by atoms with Gasteiger partial charge in [-0.15, -0.1) is 0 Å². The maximum Gasteiger partial charge on any atom is 0.287 e. The number of benzene rings is 1. The Morgan fingerprint density at radius 1 is 1.47 bits per heavy atom. The quantitative estimate of drug-likeness (QED) is 0.670. The predicted octanol–water partition coefficient (Wildman–Crippen LogP) is 1.62. The molecule has 0 radical (unpaired) electrons.